The van der Waals surface area contributed by atoms with Gasteiger partial charge in [0.15, 0.2) is 0 Å². The molecule has 0 unspecified atom stereocenters. The molecular weight excluding hydrogens is 191 g/mol. The molecule has 0 aromatic heterocycles. The van der Waals surface area contributed by atoms with Gasteiger partial charge in [0, 0.05) is 17.7 Å². The van der Waals surface area contributed by atoms with E-state index in [2.05, 4.69) is 0 Å². The Kier molecular flexibility index (Phi) is 2.91. The SMILES string of the molecule is COc1cc(O)cc(F)c1CC(=O)O. The standard InChI is InChI=1S/C9H9FO4/c1-14-8-3-5(11)2-7(10)6(8)4-9(12)13/h2-3,11H,4H2,1H3,(H,12,13). The predicted molar refractivity (Wildman–Crippen MR) is 46.0 cm³/mol. The van der Waals surface area contributed by atoms with Crippen LogP contribution < -0.4 is 4.74 Å². The molecule has 0 bridgehead atoms. The Morgan fingerprint density at radius 1 is 1.57 bits per heavy atom. The highest BCUT2D eigenvalue weighted by Crippen LogP contribution is 2.27. The van der Waals surface area contributed by atoms with Crippen molar-refractivity contribution in [1.82, 2.24) is 0 Å². The molecule has 1 aromatic rings. The lowest BCUT2D eigenvalue weighted by molar-refractivity contribution is -0.136. The van der Waals surface area contributed by atoms with E-state index < -0.39 is 18.2 Å². The van der Waals surface area contributed by atoms with Gasteiger partial charge in [0.1, 0.15) is 17.3 Å². The summed E-state index contributed by atoms with van der Waals surface area (Å²) >= 11 is 0. The number of benzene rings is 1. The number of rotatable bonds is 3. The summed E-state index contributed by atoms with van der Waals surface area (Å²) in [4.78, 5) is 10.4. The molecule has 1 aromatic carbocycles. The van der Waals surface area contributed by atoms with Gasteiger partial charge in [-0.3, -0.25) is 4.79 Å². The van der Waals surface area contributed by atoms with Crippen molar-refractivity contribution in [1.29, 1.82) is 0 Å². The van der Waals surface area contributed by atoms with Crippen LogP contribution in [0, 0.1) is 5.82 Å². The molecule has 0 aliphatic heterocycles. The van der Waals surface area contributed by atoms with Crippen molar-refractivity contribution in [3.8, 4) is 11.5 Å². The Bertz CT molecular complexity index is 362. The second-order valence-electron chi connectivity index (χ2n) is 2.68. The molecule has 1 rings (SSSR count). The van der Waals surface area contributed by atoms with Crippen LogP contribution in [0.3, 0.4) is 0 Å². The topological polar surface area (TPSA) is 66.8 Å². The van der Waals surface area contributed by atoms with Crippen LogP contribution >= 0.6 is 0 Å². The Balaban J connectivity index is 3.18. The van der Waals surface area contributed by atoms with Gasteiger partial charge in [-0.25, -0.2) is 4.39 Å². The molecule has 76 valence electrons. The number of carbonyl (C=O) groups is 1. The summed E-state index contributed by atoms with van der Waals surface area (Å²) in [5.41, 5.74) is -0.0715. The van der Waals surface area contributed by atoms with E-state index >= 15 is 0 Å². The lowest BCUT2D eigenvalue weighted by atomic mass is 10.1. The van der Waals surface area contributed by atoms with Crippen LogP contribution in [0.4, 0.5) is 4.39 Å². The number of methoxy groups -OCH3 is 1. The number of hydrogen-bond donors (Lipinski definition) is 2. The van der Waals surface area contributed by atoms with E-state index in [9.17, 15) is 9.18 Å². The first-order chi connectivity index (χ1) is 6.54. The summed E-state index contributed by atoms with van der Waals surface area (Å²) in [5, 5.41) is 17.5. The molecule has 0 saturated carbocycles. The van der Waals surface area contributed by atoms with Crippen molar-refractivity contribution in [3.05, 3.63) is 23.5 Å². The highest BCUT2D eigenvalue weighted by atomic mass is 19.1. The van der Waals surface area contributed by atoms with Crippen LogP contribution in [0.1, 0.15) is 5.56 Å². The zero-order valence-corrected chi connectivity index (χ0v) is 7.45. The fourth-order valence-corrected chi connectivity index (χ4v) is 1.10. The van der Waals surface area contributed by atoms with Gasteiger partial charge in [-0.15, -0.1) is 0 Å². The number of aromatic hydroxyl groups is 1. The van der Waals surface area contributed by atoms with Crippen LogP contribution in [0.5, 0.6) is 11.5 Å². The van der Waals surface area contributed by atoms with Crippen LogP contribution in [0.25, 0.3) is 0 Å². The molecule has 0 spiro atoms. The van der Waals surface area contributed by atoms with Gasteiger partial charge in [-0.2, -0.15) is 0 Å². The summed E-state index contributed by atoms with van der Waals surface area (Å²) < 4.78 is 17.9. The van der Waals surface area contributed by atoms with Crippen molar-refractivity contribution in [2.75, 3.05) is 7.11 Å². The van der Waals surface area contributed by atoms with Gasteiger partial charge in [0.25, 0.3) is 0 Å². The van der Waals surface area contributed by atoms with Crippen LogP contribution in [-0.4, -0.2) is 23.3 Å². The third-order valence-corrected chi connectivity index (χ3v) is 1.69. The first kappa shape index (κ1) is 10.3. The largest absolute Gasteiger partial charge is 0.508 e. The number of aliphatic carboxylic acids is 1. The number of carboxylic acids is 1. The molecule has 0 radical (unpaired) electrons. The van der Waals surface area contributed by atoms with Gasteiger partial charge in [-0.05, 0) is 0 Å². The quantitative estimate of drug-likeness (QED) is 0.768. The van der Waals surface area contributed by atoms with Crippen LogP contribution in [0.2, 0.25) is 0 Å². The highest BCUT2D eigenvalue weighted by Gasteiger charge is 2.14. The maximum atomic E-state index is 13.2. The average molecular weight is 200 g/mol. The van der Waals surface area contributed by atoms with Crippen molar-refractivity contribution < 1.29 is 24.1 Å². The number of ether oxygens (including phenoxy) is 1. The number of phenolic OH excluding ortho intramolecular Hbond substituents is 1. The van der Waals surface area contributed by atoms with E-state index in [0.29, 0.717) is 0 Å². The minimum atomic E-state index is -1.16. The maximum absolute atomic E-state index is 13.2. The second-order valence-corrected chi connectivity index (χ2v) is 2.68. The Labute approximate surface area is 79.6 Å². The molecule has 0 aliphatic rings. The van der Waals surface area contributed by atoms with E-state index in [-0.39, 0.29) is 17.1 Å². The van der Waals surface area contributed by atoms with Gasteiger partial charge in [0.05, 0.1) is 13.5 Å². The van der Waals surface area contributed by atoms with E-state index in [0.717, 1.165) is 6.07 Å². The third kappa shape index (κ3) is 2.12. The van der Waals surface area contributed by atoms with Crippen molar-refractivity contribution in [3.63, 3.8) is 0 Å². The molecule has 5 heteroatoms. The van der Waals surface area contributed by atoms with Gasteiger partial charge in [0.2, 0.25) is 0 Å². The first-order valence-electron chi connectivity index (χ1n) is 3.81. The van der Waals surface area contributed by atoms with E-state index in [1.54, 1.807) is 0 Å². The monoisotopic (exact) mass is 200 g/mol. The minimum Gasteiger partial charge on any atom is -0.508 e. The normalized spacial score (nSPS) is 9.86. The van der Waals surface area contributed by atoms with Gasteiger partial charge < -0.3 is 14.9 Å². The number of halogens is 1. The molecule has 0 fully saturated rings. The lowest BCUT2D eigenvalue weighted by Crippen LogP contribution is -2.04. The summed E-state index contributed by atoms with van der Waals surface area (Å²) in [6.07, 6.45) is -0.477. The highest BCUT2D eigenvalue weighted by molar-refractivity contribution is 5.71. The summed E-state index contributed by atoms with van der Waals surface area (Å²) in [7, 11) is 1.28. The fourth-order valence-electron chi connectivity index (χ4n) is 1.10. The summed E-state index contributed by atoms with van der Waals surface area (Å²) in [6.45, 7) is 0. The smallest absolute Gasteiger partial charge is 0.308 e. The fraction of sp³-hybridized carbons (Fsp3) is 0.222. The molecule has 0 amide bonds. The Morgan fingerprint density at radius 2 is 2.21 bits per heavy atom. The Morgan fingerprint density at radius 3 is 2.71 bits per heavy atom. The van der Waals surface area contributed by atoms with Crippen molar-refractivity contribution >= 4 is 5.97 Å². The molecule has 14 heavy (non-hydrogen) atoms. The Hall–Kier alpha value is -1.78. The number of phenols is 1. The van der Waals surface area contributed by atoms with Gasteiger partial charge in [-0.1, -0.05) is 0 Å². The average Bonchev–Trinajstić information content (AvgIpc) is 2.08. The van der Waals surface area contributed by atoms with E-state index in [1.165, 1.54) is 13.2 Å². The minimum absolute atomic E-state index is 0.0323. The number of carboxylic acid groups (broad SMARTS) is 1. The zero-order chi connectivity index (χ0) is 10.7. The molecule has 4 nitrogen and oxygen atoms in total. The van der Waals surface area contributed by atoms with Gasteiger partial charge >= 0.3 is 5.97 Å². The lowest BCUT2D eigenvalue weighted by Gasteiger charge is -2.07. The predicted octanol–water partition coefficient (Wildman–Crippen LogP) is 1.17. The van der Waals surface area contributed by atoms with E-state index in [4.69, 9.17) is 14.9 Å². The maximum Gasteiger partial charge on any atom is 0.308 e. The molecule has 0 aliphatic carbocycles. The summed E-state index contributed by atoms with van der Waals surface area (Å²) in [5.74, 6) is -2.21. The van der Waals surface area contributed by atoms with Crippen molar-refractivity contribution in [2.45, 2.75) is 6.42 Å². The zero-order valence-electron chi connectivity index (χ0n) is 7.45. The van der Waals surface area contributed by atoms with Crippen LogP contribution in [-0.2, 0) is 11.2 Å². The molecule has 0 atom stereocenters. The second kappa shape index (κ2) is 3.95. The van der Waals surface area contributed by atoms with Crippen LogP contribution in [0.15, 0.2) is 12.1 Å². The molecule has 0 saturated heterocycles. The third-order valence-electron chi connectivity index (χ3n) is 1.69. The first-order valence-corrected chi connectivity index (χ1v) is 3.81. The molecular formula is C9H9FO4. The number of hydrogen-bond acceptors (Lipinski definition) is 3. The summed E-state index contributed by atoms with van der Waals surface area (Å²) in [6, 6.07) is 2.02. The van der Waals surface area contributed by atoms with E-state index in [1.807, 2.05) is 0 Å². The van der Waals surface area contributed by atoms with Crippen molar-refractivity contribution in [2.24, 2.45) is 0 Å². The molecule has 2 N–H and O–H groups in total. The molecule has 0 heterocycles.